The summed E-state index contributed by atoms with van der Waals surface area (Å²) < 4.78 is 2.00. The van der Waals surface area contributed by atoms with Gasteiger partial charge in [0.15, 0.2) is 5.13 Å². The van der Waals surface area contributed by atoms with E-state index in [0.717, 1.165) is 28.4 Å². The first kappa shape index (κ1) is 11.9. The van der Waals surface area contributed by atoms with E-state index in [4.69, 9.17) is 5.73 Å². The van der Waals surface area contributed by atoms with Gasteiger partial charge in [-0.05, 0) is 6.42 Å². The fraction of sp³-hybridized carbons (Fsp3) is 0.143. The van der Waals surface area contributed by atoms with Crippen LogP contribution in [0.2, 0.25) is 0 Å². The Kier molecular flexibility index (Phi) is 3.05. The van der Waals surface area contributed by atoms with Gasteiger partial charge in [0.25, 0.3) is 0 Å². The maximum atomic E-state index is 5.87. The van der Waals surface area contributed by atoms with Crippen molar-refractivity contribution in [1.29, 1.82) is 0 Å². The monoisotopic (exact) mass is 270 g/mol. The first-order valence-electron chi connectivity index (χ1n) is 6.13. The largest absolute Gasteiger partial charge is 0.375 e. The van der Waals surface area contributed by atoms with Crippen molar-refractivity contribution in [3.05, 3.63) is 48.5 Å². The number of benzene rings is 1. The Bertz CT molecular complexity index is 685. The summed E-state index contributed by atoms with van der Waals surface area (Å²) >= 11 is 1.48. The van der Waals surface area contributed by atoms with E-state index in [0.29, 0.717) is 5.13 Å². The molecular formula is C14H14N4S. The lowest BCUT2D eigenvalue weighted by atomic mass is 10.2. The second kappa shape index (κ2) is 4.85. The van der Waals surface area contributed by atoms with Crippen LogP contribution in [0.15, 0.2) is 42.9 Å². The normalized spacial score (nSPS) is 10.8. The number of nitrogen functional groups attached to an aromatic ring is 1. The molecule has 0 atom stereocenters. The van der Waals surface area contributed by atoms with Crippen molar-refractivity contribution in [2.24, 2.45) is 0 Å². The van der Waals surface area contributed by atoms with Gasteiger partial charge in [0.2, 0.25) is 0 Å². The van der Waals surface area contributed by atoms with E-state index < -0.39 is 0 Å². The fourth-order valence-corrected chi connectivity index (χ4v) is 2.74. The number of nitrogens with zero attached hydrogens (tertiary/aromatic N) is 3. The van der Waals surface area contributed by atoms with Gasteiger partial charge in [0.1, 0.15) is 17.0 Å². The SMILES string of the molecule is CCc1cn(-c2sc(N)nc2-c2ccccc2)cn1. The summed E-state index contributed by atoms with van der Waals surface area (Å²) in [5.74, 6) is 0. The molecule has 96 valence electrons. The molecule has 0 spiro atoms. The van der Waals surface area contributed by atoms with Gasteiger partial charge in [-0.1, -0.05) is 48.6 Å². The Morgan fingerprint density at radius 1 is 1.26 bits per heavy atom. The van der Waals surface area contributed by atoms with Crippen molar-refractivity contribution >= 4 is 16.5 Å². The zero-order valence-corrected chi connectivity index (χ0v) is 11.4. The first-order valence-corrected chi connectivity index (χ1v) is 6.94. The smallest absolute Gasteiger partial charge is 0.182 e. The minimum Gasteiger partial charge on any atom is -0.375 e. The number of hydrogen-bond acceptors (Lipinski definition) is 4. The van der Waals surface area contributed by atoms with Gasteiger partial charge in [-0.25, -0.2) is 9.97 Å². The van der Waals surface area contributed by atoms with Crippen LogP contribution in [0.4, 0.5) is 5.13 Å². The molecule has 0 saturated heterocycles. The van der Waals surface area contributed by atoms with Crippen LogP contribution in [-0.4, -0.2) is 14.5 Å². The predicted octanol–water partition coefficient (Wildman–Crippen LogP) is 3.14. The van der Waals surface area contributed by atoms with Crippen molar-refractivity contribution in [3.63, 3.8) is 0 Å². The van der Waals surface area contributed by atoms with Gasteiger partial charge in [0, 0.05) is 11.8 Å². The summed E-state index contributed by atoms with van der Waals surface area (Å²) in [5.41, 5.74) is 8.90. The molecule has 0 aliphatic carbocycles. The van der Waals surface area contributed by atoms with Gasteiger partial charge in [0.05, 0.1) is 5.69 Å². The molecule has 0 aliphatic rings. The van der Waals surface area contributed by atoms with Gasteiger partial charge in [-0.15, -0.1) is 0 Å². The van der Waals surface area contributed by atoms with E-state index in [1.165, 1.54) is 11.3 Å². The number of imidazole rings is 1. The Morgan fingerprint density at radius 3 is 2.74 bits per heavy atom. The summed E-state index contributed by atoms with van der Waals surface area (Å²) in [6, 6.07) is 10.1. The van der Waals surface area contributed by atoms with Crippen LogP contribution in [0, 0.1) is 0 Å². The standard InChI is InChI=1S/C14H14N4S/c1-2-11-8-18(9-16-11)13-12(17-14(15)19-13)10-6-4-3-5-7-10/h3-9H,2H2,1H3,(H2,15,17). The topological polar surface area (TPSA) is 56.7 Å². The third-order valence-electron chi connectivity index (χ3n) is 2.91. The maximum absolute atomic E-state index is 5.87. The van der Waals surface area contributed by atoms with Crippen molar-refractivity contribution in [3.8, 4) is 16.3 Å². The van der Waals surface area contributed by atoms with E-state index >= 15 is 0 Å². The summed E-state index contributed by atoms with van der Waals surface area (Å²) in [6.45, 7) is 2.09. The average Bonchev–Trinajstić information content (AvgIpc) is 3.05. The van der Waals surface area contributed by atoms with E-state index in [-0.39, 0.29) is 0 Å². The van der Waals surface area contributed by atoms with E-state index in [1.807, 2.05) is 47.4 Å². The van der Waals surface area contributed by atoms with Crippen LogP contribution >= 0.6 is 11.3 Å². The molecule has 0 fully saturated rings. The zero-order valence-electron chi connectivity index (χ0n) is 10.6. The molecule has 3 aromatic rings. The van der Waals surface area contributed by atoms with Crippen LogP contribution < -0.4 is 5.73 Å². The molecule has 2 N–H and O–H groups in total. The Labute approximate surface area is 115 Å². The van der Waals surface area contributed by atoms with Crippen LogP contribution in [0.1, 0.15) is 12.6 Å². The van der Waals surface area contributed by atoms with Gasteiger partial charge in [-0.2, -0.15) is 0 Å². The summed E-state index contributed by atoms with van der Waals surface area (Å²) in [5, 5.41) is 1.58. The molecule has 19 heavy (non-hydrogen) atoms. The molecule has 0 unspecified atom stereocenters. The van der Waals surface area contributed by atoms with Crippen molar-refractivity contribution in [2.75, 3.05) is 5.73 Å². The lowest BCUT2D eigenvalue weighted by Gasteiger charge is -2.02. The highest BCUT2D eigenvalue weighted by Crippen LogP contribution is 2.32. The van der Waals surface area contributed by atoms with Crippen molar-refractivity contribution < 1.29 is 0 Å². The highest BCUT2D eigenvalue weighted by Gasteiger charge is 2.13. The third kappa shape index (κ3) is 2.24. The number of rotatable bonds is 3. The van der Waals surface area contributed by atoms with Crippen molar-refractivity contribution in [1.82, 2.24) is 14.5 Å². The molecule has 0 bridgehead atoms. The Morgan fingerprint density at radius 2 is 2.05 bits per heavy atom. The van der Waals surface area contributed by atoms with Crippen LogP contribution in [0.5, 0.6) is 0 Å². The molecule has 5 heteroatoms. The van der Waals surface area contributed by atoms with E-state index in [2.05, 4.69) is 16.9 Å². The molecule has 0 aliphatic heterocycles. The number of nitrogens with two attached hydrogens (primary N) is 1. The summed E-state index contributed by atoms with van der Waals surface area (Å²) in [6.07, 6.45) is 4.76. The number of aromatic nitrogens is 3. The van der Waals surface area contributed by atoms with E-state index in [1.54, 1.807) is 0 Å². The third-order valence-corrected chi connectivity index (χ3v) is 3.80. The second-order valence-electron chi connectivity index (χ2n) is 4.20. The Hall–Kier alpha value is -2.14. The summed E-state index contributed by atoms with van der Waals surface area (Å²) in [4.78, 5) is 8.80. The number of thiazole rings is 1. The van der Waals surface area contributed by atoms with E-state index in [9.17, 15) is 0 Å². The molecule has 0 saturated carbocycles. The number of aryl methyl sites for hydroxylation is 1. The molecule has 1 aromatic carbocycles. The van der Waals surface area contributed by atoms with Gasteiger partial charge >= 0.3 is 0 Å². The lowest BCUT2D eigenvalue weighted by Crippen LogP contribution is -1.90. The molecular weight excluding hydrogens is 256 g/mol. The number of anilines is 1. The second-order valence-corrected chi connectivity index (χ2v) is 5.21. The molecule has 0 amide bonds. The predicted molar refractivity (Wildman–Crippen MR) is 78.5 cm³/mol. The van der Waals surface area contributed by atoms with Crippen LogP contribution in [0.25, 0.3) is 16.3 Å². The highest BCUT2D eigenvalue weighted by molar-refractivity contribution is 7.18. The van der Waals surface area contributed by atoms with Gasteiger partial charge < -0.3 is 5.73 Å². The first-order chi connectivity index (χ1) is 9.28. The quantitative estimate of drug-likeness (QED) is 0.795. The highest BCUT2D eigenvalue weighted by atomic mass is 32.1. The van der Waals surface area contributed by atoms with Crippen LogP contribution in [0.3, 0.4) is 0 Å². The molecule has 2 aromatic heterocycles. The molecule has 0 radical (unpaired) electrons. The Balaban J connectivity index is 2.12. The fourth-order valence-electron chi connectivity index (χ4n) is 1.94. The zero-order chi connectivity index (χ0) is 13.2. The van der Waals surface area contributed by atoms with Crippen molar-refractivity contribution in [2.45, 2.75) is 13.3 Å². The van der Waals surface area contributed by atoms with Crippen LogP contribution in [-0.2, 0) is 6.42 Å². The summed E-state index contributed by atoms with van der Waals surface area (Å²) in [7, 11) is 0. The lowest BCUT2D eigenvalue weighted by molar-refractivity contribution is 1.06. The number of hydrogen-bond donors (Lipinski definition) is 1. The maximum Gasteiger partial charge on any atom is 0.182 e. The molecule has 2 heterocycles. The minimum absolute atomic E-state index is 0.570. The minimum atomic E-state index is 0.570. The van der Waals surface area contributed by atoms with Gasteiger partial charge in [-0.3, -0.25) is 4.57 Å². The average molecular weight is 270 g/mol. The molecule has 3 rings (SSSR count). The molecule has 4 nitrogen and oxygen atoms in total.